The van der Waals surface area contributed by atoms with Crippen molar-refractivity contribution in [3.8, 4) is 11.5 Å². The van der Waals surface area contributed by atoms with Crippen LogP contribution in [0.1, 0.15) is 31.4 Å². The SMILES string of the molecule is CC[C@H](C)NC(=O)Cc1c(C)c2c(O)cc(O)cc2oc1=O. The van der Waals surface area contributed by atoms with Crippen LogP contribution in [0.4, 0.5) is 0 Å². The Bertz CT molecular complexity index is 778. The molecule has 0 unspecified atom stereocenters. The van der Waals surface area contributed by atoms with Crippen LogP contribution in [0.3, 0.4) is 0 Å². The van der Waals surface area contributed by atoms with Crippen molar-refractivity contribution >= 4 is 16.9 Å². The Balaban J connectivity index is 2.47. The maximum absolute atomic E-state index is 12.1. The first-order valence-electron chi connectivity index (χ1n) is 7.11. The molecule has 6 nitrogen and oxygen atoms in total. The predicted molar refractivity (Wildman–Crippen MR) is 82.2 cm³/mol. The number of phenolic OH excluding ortho intramolecular Hbond substituents is 2. The quantitative estimate of drug-likeness (QED) is 0.750. The Kier molecular flexibility index (Phi) is 4.40. The molecule has 2 aromatic rings. The summed E-state index contributed by atoms with van der Waals surface area (Å²) in [6.45, 7) is 5.47. The van der Waals surface area contributed by atoms with Crippen LogP contribution < -0.4 is 10.9 Å². The van der Waals surface area contributed by atoms with Gasteiger partial charge in [-0.15, -0.1) is 0 Å². The van der Waals surface area contributed by atoms with E-state index in [0.29, 0.717) is 10.9 Å². The van der Waals surface area contributed by atoms with Gasteiger partial charge in [0.2, 0.25) is 5.91 Å². The first kappa shape index (κ1) is 15.9. The van der Waals surface area contributed by atoms with Crippen molar-refractivity contribution in [1.29, 1.82) is 0 Å². The van der Waals surface area contributed by atoms with Crippen LogP contribution in [-0.2, 0) is 11.2 Å². The summed E-state index contributed by atoms with van der Waals surface area (Å²) in [5.41, 5.74) is 0.123. The molecule has 1 atom stereocenters. The second kappa shape index (κ2) is 6.09. The van der Waals surface area contributed by atoms with Gasteiger partial charge in [-0.05, 0) is 25.8 Å². The fourth-order valence-corrected chi connectivity index (χ4v) is 2.30. The summed E-state index contributed by atoms with van der Waals surface area (Å²) in [4.78, 5) is 24.0. The maximum Gasteiger partial charge on any atom is 0.340 e. The highest BCUT2D eigenvalue weighted by atomic mass is 16.4. The smallest absolute Gasteiger partial charge is 0.340 e. The maximum atomic E-state index is 12.1. The molecular weight excluding hydrogens is 286 g/mol. The van der Waals surface area contributed by atoms with Crippen molar-refractivity contribution in [3.63, 3.8) is 0 Å². The lowest BCUT2D eigenvalue weighted by Gasteiger charge is -2.13. The molecule has 0 spiro atoms. The first-order chi connectivity index (χ1) is 10.3. The van der Waals surface area contributed by atoms with Gasteiger partial charge in [-0.3, -0.25) is 4.79 Å². The Morgan fingerprint density at radius 1 is 1.36 bits per heavy atom. The summed E-state index contributed by atoms with van der Waals surface area (Å²) in [7, 11) is 0. The highest BCUT2D eigenvalue weighted by molar-refractivity contribution is 5.90. The van der Waals surface area contributed by atoms with Crippen molar-refractivity contribution < 1.29 is 19.4 Å². The topological polar surface area (TPSA) is 99.8 Å². The number of fused-ring (bicyclic) bond motifs is 1. The Morgan fingerprint density at radius 2 is 2.05 bits per heavy atom. The number of phenols is 2. The van der Waals surface area contributed by atoms with Crippen molar-refractivity contribution in [3.05, 3.63) is 33.7 Å². The van der Waals surface area contributed by atoms with E-state index in [1.807, 2.05) is 13.8 Å². The highest BCUT2D eigenvalue weighted by Crippen LogP contribution is 2.32. The minimum atomic E-state index is -0.644. The number of hydrogen-bond donors (Lipinski definition) is 3. The largest absolute Gasteiger partial charge is 0.508 e. The molecule has 0 fully saturated rings. The number of aromatic hydroxyl groups is 2. The lowest BCUT2D eigenvalue weighted by Crippen LogP contribution is -2.34. The molecule has 22 heavy (non-hydrogen) atoms. The lowest BCUT2D eigenvalue weighted by atomic mass is 10.0. The summed E-state index contributed by atoms with van der Waals surface area (Å²) in [6, 6.07) is 2.44. The summed E-state index contributed by atoms with van der Waals surface area (Å²) < 4.78 is 5.11. The minimum Gasteiger partial charge on any atom is -0.508 e. The van der Waals surface area contributed by atoms with Crippen molar-refractivity contribution in [2.75, 3.05) is 0 Å². The average molecular weight is 305 g/mol. The molecule has 0 aliphatic carbocycles. The third-order valence-corrected chi connectivity index (χ3v) is 3.70. The molecule has 1 aromatic carbocycles. The average Bonchev–Trinajstić information content (AvgIpc) is 2.42. The van der Waals surface area contributed by atoms with E-state index < -0.39 is 5.63 Å². The van der Waals surface area contributed by atoms with Crippen molar-refractivity contribution in [1.82, 2.24) is 5.32 Å². The molecule has 0 saturated heterocycles. The summed E-state index contributed by atoms with van der Waals surface area (Å²) in [5.74, 6) is -0.669. The molecule has 1 aromatic heterocycles. The van der Waals surface area contributed by atoms with Gasteiger partial charge >= 0.3 is 5.63 Å². The molecule has 1 amide bonds. The standard InChI is InChI=1S/C16H19NO5/c1-4-8(2)17-14(20)7-11-9(3)15-12(19)5-10(18)6-13(15)22-16(11)21/h5-6,8,18-19H,4,7H2,1-3H3,(H,17,20)/t8-/m0/s1. The summed E-state index contributed by atoms with van der Waals surface area (Å²) >= 11 is 0. The normalized spacial score (nSPS) is 12.3. The third-order valence-electron chi connectivity index (χ3n) is 3.70. The van der Waals surface area contributed by atoms with E-state index in [4.69, 9.17) is 4.42 Å². The van der Waals surface area contributed by atoms with Crippen LogP contribution in [0.25, 0.3) is 11.0 Å². The number of benzene rings is 1. The number of nitrogens with one attached hydrogen (secondary N) is 1. The van der Waals surface area contributed by atoms with Crippen LogP contribution in [0.2, 0.25) is 0 Å². The van der Waals surface area contributed by atoms with Crippen LogP contribution >= 0.6 is 0 Å². The zero-order valence-corrected chi connectivity index (χ0v) is 12.8. The van der Waals surface area contributed by atoms with Gasteiger partial charge in [-0.1, -0.05) is 6.92 Å². The van der Waals surface area contributed by atoms with Gasteiger partial charge < -0.3 is 19.9 Å². The lowest BCUT2D eigenvalue weighted by molar-refractivity contribution is -0.121. The van der Waals surface area contributed by atoms with Gasteiger partial charge in [0, 0.05) is 18.2 Å². The number of carbonyl (C=O) groups is 1. The molecule has 0 radical (unpaired) electrons. The van der Waals surface area contributed by atoms with Gasteiger partial charge in [-0.2, -0.15) is 0 Å². The van der Waals surface area contributed by atoms with Crippen molar-refractivity contribution in [2.24, 2.45) is 0 Å². The van der Waals surface area contributed by atoms with Gasteiger partial charge in [-0.25, -0.2) is 4.79 Å². The molecule has 2 rings (SSSR count). The number of rotatable bonds is 4. The zero-order chi connectivity index (χ0) is 16.4. The van der Waals surface area contributed by atoms with E-state index in [1.54, 1.807) is 6.92 Å². The molecule has 0 saturated carbocycles. The van der Waals surface area contributed by atoms with E-state index in [1.165, 1.54) is 12.1 Å². The molecular formula is C16H19NO5. The van der Waals surface area contributed by atoms with Crippen LogP contribution in [0.15, 0.2) is 21.3 Å². The first-order valence-corrected chi connectivity index (χ1v) is 7.11. The third kappa shape index (κ3) is 3.05. The van der Waals surface area contributed by atoms with E-state index in [-0.39, 0.29) is 41.0 Å². The molecule has 0 bridgehead atoms. The molecule has 3 N–H and O–H groups in total. The fourth-order valence-electron chi connectivity index (χ4n) is 2.30. The van der Waals surface area contributed by atoms with Crippen LogP contribution in [0, 0.1) is 6.92 Å². The highest BCUT2D eigenvalue weighted by Gasteiger charge is 2.18. The van der Waals surface area contributed by atoms with E-state index in [9.17, 15) is 19.8 Å². The molecule has 0 aliphatic heterocycles. The molecule has 0 aliphatic rings. The van der Waals surface area contributed by atoms with Crippen LogP contribution in [-0.4, -0.2) is 22.2 Å². The van der Waals surface area contributed by atoms with E-state index in [2.05, 4.69) is 5.32 Å². The van der Waals surface area contributed by atoms with Gasteiger partial charge in [0.1, 0.15) is 17.1 Å². The van der Waals surface area contributed by atoms with Crippen molar-refractivity contribution in [2.45, 2.75) is 39.7 Å². The number of amides is 1. The van der Waals surface area contributed by atoms with Gasteiger partial charge in [0.25, 0.3) is 0 Å². The summed E-state index contributed by atoms with van der Waals surface area (Å²) in [6.07, 6.45) is 0.672. The number of hydrogen-bond acceptors (Lipinski definition) is 5. The Hall–Kier alpha value is -2.50. The molecule has 6 heteroatoms. The van der Waals surface area contributed by atoms with E-state index >= 15 is 0 Å². The van der Waals surface area contributed by atoms with Gasteiger partial charge in [0.15, 0.2) is 0 Å². The fraction of sp³-hybridized carbons (Fsp3) is 0.375. The Morgan fingerprint density at radius 3 is 2.68 bits per heavy atom. The minimum absolute atomic E-state index is 0.0191. The molecule has 118 valence electrons. The molecule has 1 heterocycles. The number of aryl methyl sites for hydroxylation is 1. The second-order valence-corrected chi connectivity index (χ2v) is 5.38. The number of carbonyl (C=O) groups excluding carboxylic acids is 1. The van der Waals surface area contributed by atoms with Crippen LogP contribution in [0.5, 0.6) is 11.5 Å². The second-order valence-electron chi connectivity index (χ2n) is 5.38. The Labute approximate surface area is 127 Å². The predicted octanol–water partition coefficient (Wildman–Crippen LogP) is 1.97. The monoisotopic (exact) mass is 305 g/mol. The summed E-state index contributed by atoms with van der Waals surface area (Å²) in [5, 5.41) is 22.5. The van der Waals surface area contributed by atoms with Gasteiger partial charge in [0.05, 0.1) is 17.4 Å². The van der Waals surface area contributed by atoms with E-state index in [0.717, 1.165) is 6.42 Å². The zero-order valence-electron chi connectivity index (χ0n) is 12.8.